The Labute approximate surface area is 431 Å². The lowest BCUT2D eigenvalue weighted by molar-refractivity contribution is 0.590. The van der Waals surface area contributed by atoms with Crippen LogP contribution in [0, 0.1) is 0 Å². The topological polar surface area (TPSA) is 22.8 Å². The molecule has 11 aromatic rings. The predicted molar refractivity (Wildman–Crippen MR) is 314 cm³/mol. The largest absolute Gasteiger partial charge is 0.310 e. The fourth-order valence-corrected chi connectivity index (χ4v) is 12.1. The zero-order valence-electron chi connectivity index (χ0n) is 44.6. The van der Waals surface area contributed by atoms with E-state index in [9.17, 15) is 0 Å². The Morgan fingerprint density at radius 3 is 1.12 bits per heavy atom. The number of aromatic nitrogens is 3. The van der Waals surface area contributed by atoms with Crippen molar-refractivity contribution in [3.8, 4) is 56.1 Å². The van der Waals surface area contributed by atoms with Gasteiger partial charge in [-0.2, -0.15) is 0 Å². The van der Waals surface area contributed by atoms with Crippen molar-refractivity contribution < 1.29 is 0 Å². The molecule has 0 radical (unpaired) electrons. The Morgan fingerprint density at radius 2 is 0.712 bits per heavy atom. The van der Waals surface area contributed by atoms with Gasteiger partial charge in [0.1, 0.15) is 0 Å². The smallest absolute Gasteiger partial charge is 0.252 e. The SMILES string of the molecule is CC(C)(C)c1ccc2c(c1)c1cc(C(C)(C)C)cc3c1n2-c1cc(-c2cccc(-c4cc(-c5ccccc5)cc(-c5ccccc5)c4)n2)cc2c1B3c1cc(C(C)(C)C)cc3c4cc(C(C)(C)C)ccc4n-2c13. The van der Waals surface area contributed by atoms with Gasteiger partial charge in [0.15, 0.2) is 0 Å². The Morgan fingerprint density at radius 1 is 0.329 bits per heavy atom. The zero-order chi connectivity index (χ0) is 50.7. The van der Waals surface area contributed by atoms with Crippen LogP contribution in [0.25, 0.3) is 99.8 Å². The first-order chi connectivity index (χ1) is 34.7. The number of hydrogen-bond acceptors (Lipinski definition) is 1. The third-order valence-corrected chi connectivity index (χ3v) is 16.3. The van der Waals surface area contributed by atoms with Crippen molar-refractivity contribution in [1.82, 2.24) is 14.1 Å². The summed E-state index contributed by atoms with van der Waals surface area (Å²) in [7, 11) is 0. The van der Waals surface area contributed by atoms with Crippen LogP contribution in [-0.2, 0) is 21.7 Å². The molecule has 0 unspecified atom stereocenters. The highest BCUT2D eigenvalue weighted by atomic mass is 15.0. The van der Waals surface area contributed by atoms with Crippen molar-refractivity contribution in [3.63, 3.8) is 0 Å². The monoisotopic (exact) mass is 946 g/mol. The predicted octanol–water partition coefficient (Wildman–Crippen LogP) is 16.3. The molecular formula is C69H64BN3. The van der Waals surface area contributed by atoms with Gasteiger partial charge in [0.2, 0.25) is 0 Å². The molecule has 0 saturated carbocycles. The number of hydrogen-bond donors (Lipinski definition) is 0. The molecular weight excluding hydrogens is 882 g/mol. The van der Waals surface area contributed by atoms with E-state index in [-0.39, 0.29) is 28.4 Å². The van der Waals surface area contributed by atoms with E-state index in [0.717, 1.165) is 22.5 Å². The van der Waals surface area contributed by atoms with Crippen LogP contribution in [0.3, 0.4) is 0 Å². The molecule has 5 heterocycles. The zero-order valence-corrected chi connectivity index (χ0v) is 44.6. The van der Waals surface area contributed by atoms with Crippen LogP contribution < -0.4 is 16.4 Å². The van der Waals surface area contributed by atoms with Gasteiger partial charge in [-0.3, -0.25) is 0 Å². The fourth-order valence-electron chi connectivity index (χ4n) is 12.1. The van der Waals surface area contributed by atoms with Crippen molar-refractivity contribution in [2.75, 3.05) is 0 Å². The number of fused-ring (bicyclic) bond motifs is 10. The summed E-state index contributed by atoms with van der Waals surface area (Å²) in [5.74, 6) is 0. The van der Waals surface area contributed by atoms with Crippen LogP contribution in [-0.4, -0.2) is 20.8 Å². The van der Waals surface area contributed by atoms with Crippen LogP contribution in [0.4, 0.5) is 0 Å². The Kier molecular flexibility index (Phi) is 9.68. The van der Waals surface area contributed by atoms with E-state index < -0.39 is 0 Å². The second kappa shape index (κ2) is 15.5. The summed E-state index contributed by atoms with van der Waals surface area (Å²) in [6, 6.07) is 64.7. The molecule has 4 heteroatoms. The number of rotatable bonds is 4. The van der Waals surface area contributed by atoms with Crippen LogP contribution in [0.2, 0.25) is 0 Å². The molecule has 0 amide bonds. The lowest BCUT2D eigenvalue weighted by Gasteiger charge is -2.36. The van der Waals surface area contributed by atoms with Crippen molar-refractivity contribution in [1.29, 1.82) is 0 Å². The minimum absolute atomic E-state index is 0.00266. The molecule has 0 N–H and O–H groups in total. The normalized spacial score (nSPS) is 13.5. The van der Waals surface area contributed by atoms with E-state index >= 15 is 0 Å². The van der Waals surface area contributed by atoms with Gasteiger partial charge in [-0.05, 0) is 161 Å². The molecule has 0 fully saturated rings. The van der Waals surface area contributed by atoms with Gasteiger partial charge in [-0.25, -0.2) is 4.98 Å². The quantitative estimate of drug-likeness (QED) is 0.161. The van der Waals surface area contributed by atoms with Crippen molar-refractivity contribution in [2.45, 2.75) is 105 Å². The van der Waals surface area contributed by atoms with E-state index in [1.165, 1.54) is 116 Å². The van der Waals surface area contributed by atoms with Crippen LogP contribution in [0.5, 0.6) is 0 Å². The van der Waals surface area contributed by atoms with Gasteiger partial charge in [0.05, 0.1) is 22.4 Å². The molecule has 0 atom stereocenters. The minimum Gasteiger partial charge on any atom is -0.310 e. The van der Waals surface area contributed by atoms with E-state index in [1.807, 2.05) is 0 Å². The first kappa shape index (κ1) is 45.4. The molecule has 2 aliphatic rings. The fraction of sp³-hybridized carbons (Fsp3) is 0.232. The molecule has 0 saturated heterocycles. The highest BCUT2D eigenvalue weighted by Gasteiger charge is 2.43. The summed E-state index contributed by atoms with van der Waals surface area (Å²) in [5, 5.41) is 5.29. The van der Waals surface area contributed by atoms with Crippen LogP contribution >= 0.6 is 0 Å². The Bertz CT molecular complexity index is 3860. The third-order valence-electron chi connectivity index (χ3n) is 16.3. The lowest BCUT2D eigenvalue weighted by atomic mass is 9.34. The summed E-state index contributed by atoms with van der Waals surface area (Å²) in [5.41, 5.74) is 25.8. The highest BCUT2D eigenvalue weighted by molar-refractivity contribution is 7.00. The number of nitrogens with zero attached hydrogens (tertiary/aromatic N) is 3. The van der Waals surface area contributed by atoms with Crippen LogP contribution in [0.1, 0.15) is 105 Å². The summed E-state index contributed by atoms with van der Waals surface area (Å²) >= 11 is 0. The van der Waals surface area contributed by atoms with Gasteiger partial charge >= 0.3 is 0 Å². The maximum absolute atomic E-state index is 5.67. The molecule has 358 valence electrons. The second-order valence-electron chi connectivity index (χ2n) is 25.4. The standard InChI is InChI=1S/C69H64BN3/c1-66(2,3)47-26-28-59-51(35-47)53-37-49(68(7,8)9)39-55-64(53)72(59)61-33-46(58-25-19-24-57(71-58)45-31-43(41-20-15-13-16-21-41)30-44(32-45)42-22-17-14-18-23-42)34-62-63(61)70(55)56-40-50(69(10,11)12)38-54-52-36-48(67(4,5)6)27-29-60(52)73(62)65(54)56/h13-40H,1-12H3. The Balaban J connectivity index is 1.15. The average molecular weight is 946 g/mol. The van der Waals surface area contributed by atoms with E-state index in [1.54, 1.807) is 0 Å². The van der Waals surface area contributed by atoms with Gasteiger partial charge in [-0.1, -0.05) is 174 Å². The minimum atomic E-state index is -0.0671. The molecule has 3 nitrogen and oxygen atoms in total. The Hall–Kier alpha value is -7.43. The van der Waals surface area contributed by atoms with Crippen molar-refractivity contribution >= 4 is 66.7 Å². The third kappa shape index (κ3) is 7.11. The number of pyridine rings is 1. The summed E-state index contributed by atoms with van der Waals surface area (Å²) in [6.07, 6.45) is 0. The number of benzene rings is 8. The highest BCUT2D eigenvalue weighted by Crippen LogP contribution is 2.45. The van der Waals surface area contributed by atoms with Gasteiger partial charge in [-0.15, -0.1) is 0 Å². The molecule has 13 rings (SSSR count). The van der Waals surface area contributed by atoms with E-state index in [2.05, 4.69) is 262 Å². The van der Waals surface area contributed by atoms with Crippen molar-refractivity contribution in [3.05, 3.63) is 192 Å². The van der Waals surface area contributed by atoms with Crippen molar-refractivity contribution in [2.24, 2.45) is 0 Å². The maximum Gasteiger partial charge on any atom is 0.252 e. The molecule has 3 aromatic heterocycles. The molecule has 73 heavy (non-hydrogen) atoms. The molecule has 2 aliphatic heterocycles. The first-order valence-electron chi connectivity index (χ1n) is 26.4. The second-order valence-corrected chi connectivity index (χ2v) is 25.4. The molecule has 0 spiro atoms. The van der Waals surface area contributed by atoms with E-state index in [4.69, 9.17) is 4.98 Å². The average Bonchev–Trinajstić information content (AvgIpc) is 3.89. The lowest BCUT2D eigenvalue weighted by Crippen LogP contribution is -2.59. The first-order valence-corrected chi connectivity index (χ1v) is 26.4. The summed E-state index contributed by atoms with van der Waals surface area (Å²) in [4.78, 5) is 5.67. The summed E-state index contributed by atoms with van der Waals surface area (Å²) in [6.45, 7) is 28.3. The summed E-state index contributed by atoms with van der Waals surface area (Å²) < 4.78 is 5.27. The molecule has 8 aromatic carbocycles. The molecule has 0 bridgehead atoms. The van der Waals surface area contributed by atoms with Gasteiger partial charge in [0.25, 0.3) is 6.71 Å². The van der Waals surface area contributed by atoms with Crippen LogP contribution in [0.15, 0.2) is 170 Å². The van der Waals surface area contributed by atoms with Gasteiger partial charge < -0.3 is 9.13 Å². The van der Waals surface area contributed by atoms with E-state index in [0.29, 0.717) is 0 Å². The molecule has 0 aliphatic carbocycles. The van der Waals surface area contributed by atoms with Gasteiger partial charge in [0, 0.05) is 55.1 Å². The maximum atomic E-state index is 5.67.